The fraction of sp³-hybridized carbons (Fsp3) is 0.409. The van der Waals surface area contributed by atoms with Gasteiger partial charge in [0.15, 0.2) is 0 Å². The highest BCUT2D eigenvalue weighted by molar-refractivity contribution is 7.92. The lowest BCUT2D eigenvalue weighted by Gasteiger charge is -2.25. The first-order valence-corrected chi connectivity index (χ1v) is 11.5. The highest BCUT2D eigenvalue weighted by atomic mass is 32.2. The van der Waals surface area contributed by atoms with Crippen molar-refractivity contribution in [3.63, 3.8) is 0 Å². The van der Waals surface area contributed by atoms with E-state index in [-0.39, 0.29) is 10.6 Å². The minimum absolute atomic E-state index is 0.105. The van der Waals surface area contributed by atoms with Gasteiger partial charge in [0.25, 0.3) is 10.0 Å². The molecule has 5 nitrogen and oxygen atoms in total. The number of hydrogen-bond acceptors (Lipinski definition) is 3. The molecule has 1 N–H and O–H groups in total. The third-order valence-corrected chi connectivity index (χ3v) is 6.50. The van der Waals surface area contributed by atoms with Crippen LogP contribution in [-0.4, -0.2) is 27.4 Å². The van der Waals surface area contributed by atoms with Gasteiger partial charge in [-0.3, -0.25) is 9.10 Å². The van der Waals surface area contributed by atoms with Crippen molar-refractivity contribution in [2.45, 2.75) is 50.6 Å². The van der Waals surface area contributed by atoms with Crippen LogP contribution in [0.4, 0.5) is 18.9 Å². The molecule has 0 saturated carbocycles. The van der Waals surface area contributed by atoms with Gasteiger partial charge in [0.2, 0.25) is 5.91 Å². The number of aryl methyl sites for hydroxylation is 1. The second kappa shape index (κ2) is 10.7. The van der Waals surface area contributed by atoms with E-state index >= 15 is 0 Å². The molecular weight excluding hydrogens is 429 g/mol. The molecule has 0 aliphatic heterocycles. The molecule has 0 aromatic heterocycles. The Bertz CT molecular complexity index is 974. The van der Waals surface area contributed by atoms with Gasteiger partial charge in [-0.15, -0.1) is 0 Å². The maximum absolute atomic E-state index is 13.2. The molecule has 1 amide bonds. The quantitative estimate of drug-likeness (QED) is 0.517. The van der Waals surface area contributed by atoms with Gasteiger partial charge >= 0.3 is 6.18 Å². The number of rotatable bonds is 10. The largest absolute Gasteiger partial charge is 0.416 e. The number of unbranched alkanes of at least 4 members (excludes halogenated alkanes) is 3. The maximum Gasteiger partial charge on any atom is 0.416 e. The second-order valence-electron chi connectivity index (χ2n) is 7.28. The zero-order valence-electron chi connectivity index (χ0n) is 17.6. The van der Waals surface area contributed by atoms with E-state index in [0.717, 1.165) is 49.4 Å². The molecule has 0 aliphatic rings. The Morgan fingerprint density at radius 1 is 1.03 bits per heavy atom. The van der Waals surface area contributed by atoms with Crippen molar-refractivity contribution in [2.75, 3.05) is 17.4 Å². The smallest absolute Gasteiger partial charge is 0.355 e. The van der Waals surface area contributed by atoms with E-state index in [0.29, 0.717) is 10.8 Å². The lowest BCUT2D eigenvalue weighted by Crippen LogP contribution is -2.41. The van der Waals surface area contributed by atoms with Crippen LogP contribution in [0.1, 0.15) is 43.7 Å². The number of sulfonamides is 1. The average molecular weight is 457 g/mol. The standard InChI is InChI=1S/C22H27F3N2O3S/c1-3-4-5-6-14-26-21(28)16-27(19-9-7-8-18(15-19)22(23,24)25)31(29,30)20-12-10-17(2)11-13-20/h7-13,15H,3-6,14,16H2,1-2H3,(H,26,28). The van der Waals surface area contributed by atoms with Crippen molar-refractivity contribution in [2.24, 2.45) is 0 Å². The maximum atomic E-state index is 13.2. The fourth-order valence-corrected chi connectivity index (χ4v) is 4.37. The predicted octanol–water partition coefficient (Wildman–Crippen LogP) is 4.91. The first kappa shape index (κ1) is 24.7. The molecule has 0 saturated heterocycles. The number of carbonyl (C=O) groups excluding carboxylic acids is 1. The van der Waals surface area contributed by atoms with E-state index in [2.05, 4.69) is 12.2 Å². The molecule has 0 atom stereocenters. The van der Waals surface area contributed by atoms with E-state index < -0.39 is 34.2 Å². The Labute approximate surface area is 181 Å². The van der Waals surface area contributed by atoms with Crippen LogP contribution in [-0.2, 0) is 21.0 Å². The van der Waals surface area contributed by atoms with Crippen LogP contribution in [0.15, 0.2) is 53.4 Å². The molecule has 2 rings (SSSR count). The van der Waals surface area contributed by atoms with Crippen molar-refractivity contribution in [3.05, 3.63) is 59.7 Å². The van der Waals surface area contributed by atoms with Crippen molar-refractivity contribution >= 4 is 21.6 Å². The van der Waals surface area contributed by atoms with Crippen LogP contribution in [0.3, 0.4) is 0 Å². The molecule has 0 radical (unpaired) electrons. The Balaban J connectivity index is 2.34. The third kappa shape index (κ3) is 6.99. The van der Waals surface area contributed by atoms with Gasteiger partial charge in [0.05, 0.1) is 16.1 Å². The Kier molecular flexibility index (Phi) is 8.50. The summed E-state index contributed by atoms with van der Waals surface area (Å²) in [6, 6.07) is 9.88. The Morgan fingerprint density at radius 3 is 2.32 bits per heavy atom. The van der Waals surface area contributed by atoms with Crippen LogP contribution in [0.25, 0.3) is 0 Å². The minimum atomic E-state index is -4.64. The SMILES string of the molecule is CCCCCCNC(=O)CN(c1cccc(C(F)(F)F)c1)S(=O)(=O)c1ccc(C)cc1. The lowest BCUT2D eigenvalue weighted by atomic mass is 10.2. The summed E-state index contributed by atoms with van der Waals surface area (Å²) in [6.07, 6.45) is -0.916. The zero-order valence-corrected chi connectivity index (χ0v) is 18.4. The van der Waals surface area contributed by atoms with Gasteiger partial charge in [-0.1, -0.05) is 49.9 Å². The number of halogens is 3. The molecule has 0 unspecified atom stereocenters. The zero-order chi connectivity index (χ0) is 23.1. The number of nitrogens with zero attached hydrogens (tertiary/aromatic N) is 1. The lowest BCUT2D eigenvalue weighted by molar-refractivity contribution is -0.137. The van der Waals surface area contributed by atoms with E-state index in [4.69, 9.17) is 0 Å². The molecule has 0 heterocycles. The number of hydrogen-bond donors (Lipinski definition) is 1. The molecule has 0 fully saturated rings. The highest BCUT2D eigenvalue weighted by Crippen LogP contribution is 2.33. The summed E-state index contributed by atoms with van der Waals surface area (Å²) < 4.78 is 66.7. The van der Waals surface area contributed by atoms with Crippen LogP contribution < -0.4 is 9.62 Å². The molecule has 9 heteroatoms. The van der Waals surface area contributed by atoms with Crippen LogP contribution in [0, 0.1) is 6.92 Å². The topological polar surface area (TPSA) is 66.5 Å². The molecule has 2 aromatic carbocycles. The number of nitrogens with one attached hydrogen (secondary N) is 1. The summed E-state index contributed by atoms with van der Waals surface area (Å²) in [5.41, 5.74) is -0.389. The van der Waals surface area contributed by atoms with Crippen LogP contribution in [0.2, 0.25) is 0 Å². The molecule has 0 aliphatic carbocycles. The molecular formula is C22H27F3N2O3S. The molecule has 0 bridgehead atoms. The summed E-state index contributed by atoms with van der Waals surface area (Å²) in [4.78, 5) is 12.3. The number of benzene rings is 2. The second-order valence-corrected chi connectivity index (χ2v) is 9.15. The van der Waals surface area contributed by atoms with Crippen molar-refractivity contribution in [1.82, 2.24) is 5.32 Å². The number of alkyl halides is 3. The van der Waals surface area contributed by atoms with E-state index in [1.54, 1.807) is 19.1 Å². The molecule has 2 aromatic rings. The summed E-state index contributed by atoms with van der Waals surface area (Å²) in [5, 5.41) is 2.65. The first-order valence-electron chi connectivity index (χ1n) is 10.1. The van der Waals surface area contributed by atoms with Crippen LogP contribution in [0.5, 0.6) is 0 Å². The summed E-state index contributed by atoms with van der Waals surface area (Å²) in [7, 11) is -4.26. The van der Waals surface area contributed by atoms with Gasteiger partial charge in [-0.05, 0) is 43.7 Å². The van der Waals surface area contributed by atoms with Crippen molar-refractivity contribution in [3.8, 4) is 0 Å². The Morgan fingerprint density at radius 2 is 1.71 bits per heavy atom. The number of carbonyl (C=O) groups is 1. The summed E-state index contributed by atoms with van der Waals surface area (Å²) in [5.74, 6) is -0.579. The van der Waals surface area contributed by atoms with E-state index in [9.17, 15) is 26.4 Å². The number of anilines is 1. The van der Waals surface area contributed by atoms with Gasteiger partial charge in [-0.2, -0.15) is 13.2 Å². The number of amides is 1. The van der Waals surface area contributed by atoms with Crippen LogP contribution >= 0.6 is 0 Å². The third-order valence-electron chi connectivity index (χ3n) is 4.71. The van der Waals surface area contributed by atoms with Gasteiger partial charge < -0.3 is 5.32 Å². The Hall–Kier alpha value is -2.55. The molecule has 170 valence electrons. The van der Waals surface area contributed by atoms with Gasteiger partial charge in [-0.25, -0.2) is 8.42 Å². The molecule has 0 spiro atoms. The molecule has 31 heavy (non-hydrogen) atoms. The van der Waals surface area contributed by atoms with E-state index in [1.807, 2.05) is 0 Å². The van der Waals surface area contributed by atoms with Gasteiger partial charge in [0.1, 0.15) is 6.54 Å². The first-order chi connectivity index (χ1) is 14.6. The van der Waals surface area contributed by atoms with Crippen molar-refractivity contribution < 1.29 is 26.4 Å². The summed E-state index contributed by atoms with van der Waals surface area (Å²) >= 11 is 0. The monoisotopic (exact) mass is 456 g/mol. The fourth-order valence-electron chi connectivity index (χ4n) is 2.96. The normalized spacial score (nSPS) is 11.9. The minimum Gasteiger partial charge on any atom is -0.355 e. The highest BCUT2D eigenvalue weighted by Gasteiger charge is 2.33. The average Bonchev–Trinajstić information content (AvgIpc) is 2.71. The van der Waals surface area contributed by atoms with Crippen molar-refractivity contribution in [1.29, 1.82) is 0 Å². The summed E-state index contributed by atoms with van der Waals surface area (Å²) in [6.45, 7) is 3.60. The van der Waals surface area contributed by atoms with E-state index in [1.165, 1.54) is 18.2 Å². The predicted molar refractivity (Wildman–Crippen MR) is 114 cm³/mol. The van der Waals surface area contributed by atoms with Gasteiger partial charge in [0, 0.05) is 6.54 Å².